The molecule has 0 aromatic carbocycles. The van der Waals surface area contributed by atoms with E-state index in [0.29, 0.717) is 0 Å². The van der Waals surface area contributed by atoms with Crippen LogP contribution < -0.4 is 23.6 Å². The molecular formula is C3H7F3LiNO3S. The van der Waals surface area contributed by atoms with Crippen LogP contribution >= 0.6 is 0 Å². The molecule has 0 saturated carbocycles. The average molecular weight is 201 g/mol. The van der Waals surface area contributed by atoms with E-state index in [4.69, 9.17) is 0 Å². The van der Waals surface area contributed by atoms with Gasteiger partial charge in [0, 0.05) is 0 Å². The van der Waals surface area contributed by atoms with Gasteiger partial charge in [-0.05, 0) is 0 Å². The third kappa shape index (κ3) is 8.35. The molecule has 0 aliphatic rings. The summed E-state index contributed by atoms with van der Waals surface area (Å²) in [5, 5.41) is 0. The van der Waals surface area contributed by atoms with Gasteiger partial charge < -0.3 is 1.43 Å². The molecule has 0 amide bonds. The van der Waals surface area contributed by atoms with Crippen LogP contribution in [0.15, 0.2) is 0 Å². The normalized spacial score (nSPS) is 12.3. The van der Waals surface area contributed by atoms with E-state index in [2.05, 4.69) is 4.18 Å². The van der Waals surface area contributed by atoms with Crippen molar-refractivity contribution in [2.45, 2.75) is 6.18 Å². The first-order valence-electron chi connectivity index (χ1n) is 2.39. The predicted octanol–water partition coefficient (Wildman–Crippen LogP) is -2.85. The van der Waals surface area contributed by atoms with Crippen molar-refractivity contribution in [3.8, 4) is 0 Å². The standard InChI is InChI=1S/C3H6F3NO3S.Li.H/c1-10-11(8,9)7-2-3(4,5)6;;/h7H,2H2,1H3;;/q;+1;-1. The molecule has 1 N–H and O–H groups in total. The Labute approximate surface area is 81.4 Å². The van der Waals surface area contributed by atoms with Crippen molar-refractivity contribution < 1.29 is 46.1 Å². The number of hydrogen-bond donors (Lipinski definition) is 1. The van der Waals surface area contributed by atoms with E-state index < -0.39 is 23.0 Å². The van der Waals surface area contributed by atoms with E-state index in [1.165, 1.54) is 4.72 Å². The Morgan fingerprint density at radius 3 is 2.17 bits per heavy atom. The van der Waals surface area contributed by atoms with Gasteiger partial charge in [-0.2, -0.15) is 26.3 Å². The summed E-state index contributed by atoms with van der Waals surface area (Å²) in [5.74, 6) is 0. The van der Waals surface area contributed by atoms with Gasteiger partial charge in [0.25, 0.3) is 0 Å². The van der Waals surface area contributed by atoms with Gasteiger partial charge in [-0.1, -0.05) is 0 Å². The molecule has 0 aromatic heterocycles. The first-order chi connectivity index (χ1) is 4.77. The monoisotopic (exact) mass is 201 g/mol. The van der Waals surface area contributed by atoms with Gasteiger partial charge in [0.05, 0.1) is 7.11 Å². The maximum atomic E-state index is 11.3. The second kappa shape index (κ2) is 5.09. The summed E-state index contributed by atoms with van der Waals surface area (Å²) in [5.41, 5.74) is 0. The van der Waals surface area contributed by atoms with Gasteiger partial charge in [-0.25, -0.2) is 0 Å². The summed E-state index contributed by atoms with van der Waals surface area (Å²) in [6, 6.07) is 0. The third-order valence-corrected chi connectivity index (χ3v) is 1.61. The molecule has 0 radical (unpaired) electrons. The van der Waals surface area contributed by atoms with Crippen molar-refractivity contribution in [1.82, 2.24) is 4.72 Å². The van der Waals surface area contributed by atoms with Gasteiger partial charge in [0.15, 0.2) is 0 Å². The number of hydrogen-bond acceptors (Lipinski definition) is 3. The number of rotatable bonds is 3. The maximum Gasteiger partial charge on any atom is 1.00 e. The van der Waals surface area contributed by atoms with E-state index in [0.717, 1.165) is 7.11 Å². The molecule has 0 rings (SSSR count). The Hall–Kier alpha value is 0.257. The van der Waals surface area contributed by atoms with Crippen LogP contribution in [-0.4, -0.2) is 28.2 Å². The second-order valence-electron chi connectivity index (χ2n) is 1.56. The van der Waals surface area contributed by atoms with E-state index in [9.17, 15) is 21.6 Å². The van der Waals surface area contributed by atoms with Crippen LogP contribution in [0.2, 0.25) is 0 Å². The minimum atomic E-state index is -4.56. The SMILES string of the molecule is COS(=O)(=O)NCC(F)(F)F.[H-].[Li+]. The van der Waals surface area contributed by atoms with Gasteiger partial charge in [-0.3, -0.25) is 4.18 Å². The zero-order valence-electron chi connectivity index (χ0n) is 7.47. The van der Waals surface area contributed by atoms with Crippen LogP contribution in [-0.2, 0) is 14.5 Å². The van der Waals surface area contributed by atoms with Gasteiger partial charge in [0.2, 0.25) is 0 Å². The third-order valence-electron chi connectivity index (χ3n) is 0.669. The summed E-state index contributed by atoms with van der Waals surface area (Å²) in [7, 11) is -3.46. The molecule has 4 nitrogen and oxygen atoms in total. The molecule has 9 heteroatoms. The summed E-state index contributed by atoms with van der Waals surface area (Å²) in [6.45, 7) is -1.62. The van der Waals surface area contributed by atoms with E-state index in [1.807, 2.05) is 0 Å². The van der Waals surface area contributed by atoms with Crippen molar-refractivity contribution in [3.05, 3.63) is 0 Å². The van der Waals surface area contributed by atoms with Crippen molar-refractivity contribution >= 4 is 10.3 Å². The molecule has 0 unspecified atom stereocenters. The molecular weight excluding hydrogens is 194 g/mol. The molecule has 12 heavy (non-hydrogen) atoms. The number of nitrogens with one attached hydrogen (secondary N) is 1. The van der Waals surface area contributed by atoms with E-state index in [1.54, 1.807) is 0 Å². The van der Waals surface area contributed by atoms with Crippen LogP contribution in [0.1, 0.15) is 1.43 Å². The van der Waals surface area contributed by atoms with Gasteiger partial charge in [0.1, 0.15) is 6.54 Å². The molecule has 0 fully saturated rings. The molecule has 0 atom stereocenters. The fraction of sp³-hybridized carbons (Fsp3) is 1.00. The Morgan fingerprint density at radius 1 is 1.50 bits per heavy atom. The molecule has 0 heterocycles. The van der Waals surface area contributed by atoms with Gasteiger partial charge >= 0.3 is 35.3 Å². The van der Waals surface area contributed by atoms with E-state index >= 15 is 0 Å². The summed E-state index contributed by atoms with van der Waals surface area (Å²) < 4.78 is 59.3. The topological polar surface area (TPSA) is 55.4 Å². The maximum absolute atomic E-state index is 11.3. The molecule has 0 aromatic rings. The molecule has 0 bridgehead atoms. The zero-order chi connectivity index (χ0) is 9.12. The average Bonchev–Trinajstić information content (AvgIpc) is 1.83. The van der Waals surface area contributed by atoms with Crippen LogP contribution in [0.5, 0.6) is 0 Å². The number of halogens is 3. The Bertz CT molecular complexity index is 218. The first-order valence-corrected chi connectivity index (χ1v) is 3.79. The largest absolute Gasteiger partial charge is 1.00 e. The Balaban J connectivity index is -0.000000500. The predicted molar refractivity (Wildman–Crippen MR) is 31.1 cm³/mol. The van der Waals surface area contributed by atoms with Crippen LogP contribution in [0.25, 0.3) is 0 Å². The van der Waals surface area contributed by atoms with Crippen LogP contribution in [0, 0.1) is 0 Å². The van der Waals surface area contributed by atoms with Crippen molar-refractivity contribution in [2.24, 2.45) is 0 Å². The fourth-order valence-electron chi connectivity index (χ4n) is 0.229. The minimum Gasteiger partial charge on any atom is -1.00 e. The molecule has 0 saturated heterocycles. The number of alkyl halides is 3. The summed E-state index contributed by atoms with van der Waals surface area (Å²) in [6.07, 6.45) is -4.56. The summed E-state index contributed by atoms with van der Waals surface area (Å²) >= 11 is 0. The van der Waals surface area contributed by atoms with Gasteiger partial charge in [-0.15, -0.1) is 0 Å². The quantitative estimate of drug-likeness (QED) is 0.500. The molecule has 0 spiro atoms. The summed E-state index contributed by atoms with van der Waals surface area (Å²) in [4.78, 5) is 0. The second-order valence-corrected chi connectivity index (χ2v) is 3.09. The Kier molecular flexibility index (Phi) is 6.26. The minimum absolute atomic E-state index is 0. The molecule has 0 aliphatic carbocycles. The smallest absolute Gasteiger partial charge is 1.00 e. The first kappa shape index (κ1) is 14.8. The van der Waals surface area contributed by atoms with Crippen LogP contribution in [0.4, 0.5) is 13.2 Å². The molecule has 0 aliphatic heterocycles. The fourth-order valence-corrected chi connectivity index (χ4v) is 0.687. The zero-order valence-corrected chi connectivity index (χ0v) is 7.29. The van der Waals surface area contributed by atoms with Crippen molar-refractivity contribution in [3.63, 3.8) is 0 Å². The Morgan fingerprint density at radius 2 is 1.92 bits per heavy atom. The van der Waals surface area contributed by atoms with Crippen molar-refractivity contribution in [2.75, 3.05) is 13.7 Å². The van der Waals surface area contributed by atoms with Crippen LogP contribution in [0.3, 0.4) is 0 Å². The van der Waals surface area contributed by atoms with E-state index in [-0.39, 0.29) is 20.3 Å². The molecule has 70 valence electrons. The van der Waals surface area contributed by atoms with Crippen molar-refractivity contribution in [1.29, 1.82) is 0 Å².